The Bertz CT molecular complexity index is 98.0. The molecule has 0 amide bonds. The first-order valence-electron chi connectivity index (χ1n) is 5.41. The van der Waals surface area contributed by atoms with E-state index in [1.165, 1.54) is 12.5 Å². The largest absolute Gasteiger partial charge is 0.394 e. The summed E-state index contributed by atoms with van der Waals surface area (Å²) in [6, 6.07) is 1.30. The molecule has 0 saturated carbocycles. The highest BCUT2D eigenvalue weighted by molar-refractivity contribution is 6.39. The number of rotatable bonds is 7. The molecule has 0 heterocycles. The molecule has 0 unspecified atom stereocenters. The number of aliphatic hydroxyl groups is 1. The third-order valence-electron chi connectivity index (χ3n) is 2.43. The predicted molar refractivity (Wildman–Crippen MR) is 58.4 cm³/mol. The van der Waals surface area contributed by atoms with Crippen molar-refractivity contribution in [2.75, 3.05) is 0 Å². The van der Waals surface area contributed by atoms with Crippen LogP contribution in [0.4, 0.5) is 0 Å². The van der Waals surface area contributed by atoms with E-state index in [1.807, 2.05) is 0 Å². The van der Waals surface area contributed by atoms with Crippen molar-refractivity contribution in [2.45, 2.75) is 64.1 Å². The van der Waals surface area contributed by atoms with E-state index in [0.717, 1.165) is 25.7 Å². The molecule has 0 rings (SSSR count). The molecule has 2 heteroatoms. The second kappa shape index (κ2) is 6.67. The smallest absolute Gasteiger partial charge is 0.0591 e. The first kappa shape index (κ1) is 12.2. The normalized spacial score (nSPS) is 13.0. The standard InChI is InChI=1S/C10H24OSi/c1-4-7-10(11,8-5-2)12-9-6-3/h11H,4-9,12H2,1-3H3. The second-order valence-corrected chi connectivity index (χ2v) is 6.35. The van der Waals surface area contributed by atoms with E-state index < -0.39 is 0 Å². The molecule has 0 aromatic rings. The summed E-state index contributed by atoms with van der Waals surface area (Å²) >= 11 is 0. The van der Waals surface area contributed by atoms with E-state index in [-0.39, 0.29) is 14.7 Å². The molecule has 12 heavy (non-hydrogen) atoms. The molecule has 0 aromatic heterocycles. The molecule has 0 fully saturated rings. The monoisotopic (exact) mass is 188 g/mol. The van der Waals surface area contributed by atoms with Gasteiger partial charge in [-0.1, -0.05) is 46.1 Å². The van der Waals surface area contributed by atoms with Crippen molar-refractivity contribution in [3.8, 4) is 0 Å². The maximum absolute atomic E-state index is 10.2. The third kappa shape index (κ3) is 4.94. The van der Waals surface area contributed by atoms with Crippen molar-refractivity contribution in [3.63, 3.8) is 0 Å². The Morgan fingerprint density at radius 2 is 1.50 bits per heavy atom. The summed E-state index contributed by atoms with van der Waals surface area (Å²) in [5.74, 6) is 0. The first-order chi connectivity index (χ1) is 5.68. The van der Waals surface area contributed by atoms with Crippen LogP contribution in [-0.4, -0.2) is 19.9 Å². The molecule has 0 aliphatic carbocycles. The minimum atomic E-state index is -0.238. The highest BCUT2D eigenvalue weighted by atomic mass is 28.2. The fraction of sp³-hybridized carbons (Fsp3) is 1.00. The molecule has 0 spiro atoms. The van der Waals surface area contributed by atoms with Gasteiger partial charge in [-0.05, 0) is 12.8 Å². The van der Waals surface area contributed by atoms with Crippen LogP contribution < -0.4 is 0 Å². The van der Waals surface area contributed by atoms with Gasteiger partial charge in [-0.2, -0.15) is 0 Å². The molecular weight excluding hydrogens is 164 g/mol. The predicted octanol–water partition coefficient (Wildman–Crippen LogP) is 2.27. The number of hydrogen-bond acceptors (Lipinski definition) is 1. The van der Waals surface area contributed by atoms with Crippen molar-refractivity contribution in [1.29, 1.82) is 0 Å². The SMILES string of the molecule is CCC[SiH2]C(O)(CCC)CCC. The van der Waals surface area contributed by atoms with Gasteiger partial charge in [0.25, 0.3) is 0 Å². The molecule has 0 radical (unpaired) electrons. The van der Waals surface area contributed by atoms with Gasteiger partial charge in [0.05, 0.1) is 9.52 Å². The summed E-state index contributed by atoms with van der Waals surface area (Å²) in [7, 11) is -0.238. The Hall–Kier alpha value is 0.177. The lowest BCUT2D eigenvalue weighted by Crippen LogP contribution is -2.35. The fourth-order valence-corrected chi connectivity index (χ4v) is 4.03. The summed E-state index contributed by atoms with van der Waals surface area (Å²) in [6.07, 6.45) is 5.59. The van der Waals surface area contributed by atoms with Gasteiger partial charge in [0.15, 0.2) is 0 Å². The Balaban J connectivity index is 3.80. The Morgan fingerprint density at radius 3 is 1.83 bits per heavy atom. The second-order valence-electron chi connectivity index (χ2n) is 3.83. The highest BCUT2D eigenvalue weighted by Gasteiger charge is 2.23. The van der Waals surface area contributed by atoms with Crippen molar-refractivity contribution in [3.05, 3.63) is 0 Å². The zero-order valence-corrected chi connectivity index (χ0v) is 10.3. The van der Waals surface area contributed by atoms with Crippen LogP contribution in [0.3, 0.4) is 0 Å². The fourth-order valence-electron chi connectivity index (χ4n) is 1.81. The van der Waals surface area contributed by atoms with Crippen molar-refractivity contribution < 1.29 is 5.11 Å². The van der Waals surface area contributed by atoms with Gasteiger partial charge in [-0.25, -0.2) is 0 Å². The van der Waals surface area contributed by atoms with Gasteiger partial charge in [0.1, 0.15) is 0 Å². The molecule has 0 atom stereocenters. The van der Waals surface area contributed by atoms with Crippen LogP contribution in [-0.2, 0) is 0 Å². The van der Waals surface area contributed by atoms with Gasteiger partial charge in [-0.15, -0.1) is 0 Å². The van der Waals surface area contributed by atoms with E-state index in [2.05, 4.69) is 20.8 Å². The van der Waals surface area contributed by atoms with Gasteiger partial charge in [-0.3, -0.25) is 0 Å². The summed E-state index contributed by atoms with van der Waals surface area (Å²) in [6.45, 7) is 6.55. The van der Waals surface area contributed by atoms with Crippen LogP contribution in [0.25, 0.3) is 0 Å². The van der Waals surface area contributed by atoms with Gasteiger partial charge in [0.2, 0.25) is 0 Å². The van der Waals surface area contributed by atoms with E-state index in [9.17, 15) is 5.11 Å². The highest BCUT2D eigenvalue weighted by Crippen LogP contribution is 2.19. The summed E-state index contributed by atoms with van der Waals surface area (Å²) < 4.78 is 0. The Labute approximate surface area is 79.4 Å². The van der Waals surface area contributed by atoms with Crippen molar-refractivity contribution in [2.24, 2.45) is 0 Å². The molecule has 0 aliphatic heterocycles. The quantitative estimate of drug-likeness (QED) is 0.608. The van der Waals surface area contributed by atoms with Crippen LogP contribution in [0.1, 0.15) is 52.9 Å². The van der Waals surface area contributed by atoms with Crippen LogP contribution in [0, 0.1) is 0 Å². The first-order valence-corrected chi connectivity index (χ1v) is 7.11. The molecule has 0 bridgehead atoms. The van der Waals surface area contributed by atoms with Crippen molar-refractivity contribution >= 4 is 9.52 Å². The lowest BCUT2D eigenvalue weighted by atomic mass is 10.1. The summed E-state index contributed by atoms with van der Waals surface area (Å²) in [5, 5.41) is 10.00. The molecule has 0 aliphatic rings. The third-order valence-corrected chi connectivity index (χ3v) is 5.12. The average Bonchev–Trinajstić information content (AvgIpc) is 2.02. The van der Waals surface area contributed by atoms with Crippen LogP contribution in [0.2, 0.25) is 6.04 Å². The van der Waals surface area contributed by atoms with Crippen LogP contribution >= 0.6 is 0 Å². The maximum Gasteiger partial charge on any atom is 0.0591 e. The number of hydrogen-bond donors (Lipinski definition) is 1. The molecular formula is C10H24OSi. The lowest BCUT2D eigenvalue weighted by molar-refractivity contribution is 0.102. The maximum atomic E-state index is 10.2. The van der Waals surface area contributed by atoms with E-state index in [1.54, 1.807) is 0 Å². The molecule has 74 valence electrons. The Kier molecular flexibility index (Phi) is 6.77. The minimum Gasteiger partial charge on any atom is -0.394 e. The van der Waals surface area contributed by atoms with E-state index >= 15 is 0 Å². The summed E-state index contributed by atoms with van der Waals surface area (Å²) in [5.41, 5.74) is 0. The molecule has 0 saturated heterocycles. The minimum absolute atomic E-state index is 0.209. The Morgan fingerprint density at radius 1 is 1.00 bits per heavy atom. The molecule has 0 aromatic carbocycles. The molecule has 1 N–H and O–H groups in total. The zero-order chi connectivity index (χ0) is 9.45. The topological polar surface area (TPSA) is 20.2 Å². The van der Waals surface area contributed by atoms with Gasteiger partial charge >= 0.3 is 0 Å². The van der Waals surface area contributed by atoms with E-state index in [0.29, 0.717) is 0 Å². The van der Waals surface area contributed by atoms with Crippen LogP contribution in [0.5, 0.6) is 0 Å². The average molecular weight is 188 g/mol. The van der Waals surface area contributed by atoms with Crippen molar-refractivity contribution in [1.82, 2.24) is 0 Å². The van der Waals surface area contributed by atoms with Crippen LogP contribution in [0.15, 0.2) is 0 Å². The summed E-state index contributed by atoms with van der Waals surface area (Å²) in [4.78, 5) is 0. The zero-order valence-electron chi connectivity index (χ0n) is 8.90. The van der Waals surface area contributed by atoms with Gasteiger partial charge in [0, 0.05) is 5.22 Å². The van der Waals surface area contributed by atoms with Gasteiger partial charge < -0.3 is 5.11 Å². The lowest BCUT2D eigenvalue weighted by Gasteiger charge is -2.27. The molecule has 1 nitrogen and oxygen atoms in total. The van der Waals surface area contributed by atoms with E-state index in [4.69, 9.17) is 0 Å².